The molecule has 1 aromatic heterocycles. The van der Waals surface area contributed by atoms with Gasteiger partial charge in [-0.05, 0) is 66.3 Å². The number of carbonyl (C=O) groups is 1. The Balaban J connectivity index is 0.00000151. The first-order valence-corrected chi connectivity index (χ1v) is 14.3. The van der Waals surface area contributed by atoms with Crippen LogP contribution in [0.25, 0.3) is 0 Å². The van der Waals surface area contributed by atoms with E-state index in [1.807, 2.05) is 6.92 Å². The van der Waals surface area contributed by atoms with Gasteiger partial charge in [0.05, 0.1) is 17.5 Å². The fraction of sp³-hybridized carbons (Fsp3) is 0.500. The third-order valence-corrected chi connectivity index (χ3v) is 7.24. The van der Waals surface area contributed by atoms with Gasteiger partial charge in [-0.15, -0.1) is 30.7 Å². The molecule has 1 saturated carbocycles. The molecular formula is C28H34ClF6N7O6. The lowest BCUT2D eigenvalue weighted by molar-refractivity contribution is -0.385. The van der Waals surface area contributed by atoms with E-state index in [9.17, 15) is 36.5 Å². The van der Waals surface area contributed by atoms with E-state index in [4.69, 9.17) is 15.0 Å². The third-order valence-electron chi connectivity index (χ3n) is 7.24. The molecule has 48 heavy (non-hydrogen) atoms. The summed E-state index contributed by atoms with van der Waals surface area (Å²) in [6, 6.07) is 6.20. The predicted molar refractivity (Wildman–Crippen MR) is 162 cm³/mol. The molecule has 0 bridgehead atoms. The van der Waals surface area contributed by atoms with Crippen LogP contribution < -0.4 is 14.5 Å². The van der Waals surface area contributed by atoms with Gasteiger partial charge in [-0.3, -0.25) is 10.1 Å². The molecule has 0 spiro atoms. The number of alkyl halides is 6. The second-order valence-electron chi connectivity index (χ2n) is 10.7. The van der Waals surface area contributed by atoms with Crippen molar-refractivity contribution in [1.29, 1.82) is 0 Å². The van der Waals surface area contributed by atoms with Crippen molar-refractivity contribution in [2.24, 2.45) is 13.0 Å². The predicted octanol–water partition coefficient (Wildman–Crippen LogP) is 7.29. The zero-order valence-electron chi connectivity index (χ0n) is 25.7. The van der Waals surface area contributed by atoms with Crippen LogP contribution in [0.15, 0.2) is 36.4 Å². The Morgan fingerprint density at radius 2 is 1.69 bits per heavy atom. The highest BCUT2D eigenvalue weighted by Gasteiger charge is 2.34. The average molecular weight is 714 g/mol. The summed E-state index contributed by atoms with van der Waals surface area (Å²) in [5.41, 5.74) is -1.06. The molecule has 0 amide bonds. The molecule has 1 aliphatic carbocycles. The zero-order valence-corrected chi connectivity index (χ0v) is 26.6. The second-order valence-corrected chi connectivity index (χ2v) is 10.7. The summed E-state index contributed by atoms with van der Waals surface area (Å²) in [6.45, 7) is 2.64. The Bertz CT molecular complexity index is 1510. The number of aromatic nitrogens is 4. The van der Waals surface area contributed by atoms with E-state index in [1.165, 1.54) is 30.1 Å². The minimum absolute atomic E-state index is 0. The van der Waals surface area contributed by atoms with Gasteiger partial charge in [0, 0.05) is 44.0 Å². The van der Waals surface area contributed by atoms with Crippen LogP contribution in [0, 0.1) is 16.0 Å². The second kappa shape index (κ2) is 17.0. The normalized spacial score (nSPS) is 13.5. The minimum Gasteiger partial charge on any atom is -0.450 e. The number of hydrogen-bond donors (Lipinski definition) is 2. The molecule has 0 saturated heterocycles. The molecule has 0 unspecified atom stereocenters. The molecule has 2 N–H and O–H groups in total. The van der Waals surface area contributed by atoms with Crippen LogP contribution in [0.4, 0.5) is 48.5 Å². The number of rotatable bonds is 11. The van der Waals surface area contributed by atoms with Crippen LogP contribution in [0.2, 0.25) is 0 Å². The lowest BCUT2D eigenvalue weighted by Crippen LogP contribution is -2.32. The van der Waals surface area contributed by atoms with E-state index in [0.717, 1.165) is 49.0 Å². The summed E-state index contributed by atoms with van der Waals surface area (Å²) in [7, 11) is 1.47. The topological polar surface area (TPSA) is 160 Å². The molecule has 1 heterocycles. The van der Waals surface area contributed by atoms with Crippen molar-refractivity contribution >= 4 is 35.9 Å². The molecule has 0 aliphatic heterocycles. The molecular weight excluding hydrogens is 680 g/mol. The largest absolute Gasteiger partial charge is 0.573 e. The monoisotopic (exact) mass is 713 g/mol. The van der Waals surface area contributed by atoms with Crippen LogP contribution in [0.5, 0.6) is 5.75 Å². The third kappa shape index (κ3) is 12.2. The summed E-state index contributed by atoms with van der Waals surface area (Å²) in [6.07, 6.45) is -6.21. The van der Waals surface area contributed by atoms with E-state index in [2.05, 4.69) is 25.0 Å². The number of nitro benzene ring substituents is 1. The highest BCUT2D eigenvalue weighted by atomic mass is 35.5. The number of tetrazole rings is 1. The van der Waals surface area contributed by atoms with Gasteiger partial charge < -0.3 is 24.7 Å². The Morgan fingerprint density at radius 1 is 1.04 bits per heavy atom. The number of nitrogens with zero attached hydrogens (tertiary/aromatic N) is 7. The number of hydrogen-bond acceptors (Lipinski definition) is 9. The molecule has 0 atom stereocenters. The summed E-state index contributed by atoms with van der Waals surface area (Å²) in [5, 5.41) is 37.2. The zero-order chi connectivity index (χ0) is 34.9. The Kier molecular flexibility index (Phi) is 14.1. The molecule has 4 rings (SSSR count). The quantitative estimate of drug-likeness (QED) is 0.117. The van der Waals surface area contributed by atoms with Crippen molar-refractivity contribution < 1.29 is 51.0 Å². The summed E-state index contributed by atoms with van der Waals surface area (Å²) >= 11 is 0. The summed E-state index contributed by atoms with van der Waals surface area (Å²) in [5.74, 6) is -0.108. The number of carboxylic acid groups (broad SMARTS) is 2. The van der Waals surface area contributed by atoms with Gasteiger partial charge in [-0.25, -0.2) is 4.79 Å². The standard InChI is InChI=1S/C27H31F6N7O3.CH2O3.ClH/c1-3-38(15-18-7-5-4-6-8-18)24-10-9-23(43-27(31,32)33)13-20(24)17-39(25-34-36-37(2)35-25)16-19-11-21(26(28,29)30)14-22(12-19)40(41)42;2-1(3)4;/h9-14,18H,3-8,15-17H2,1-2H3;(H2,2,3,4);1H. The van der Waals surface area contributed by atoms with Gasteiger partial charge in [0.25, 0.3) is 11.6 Å². The molecule has 3 aromatic rings. The SMILES string of the molecule is CCN(CC1CCCCC1)c1ccc(OC(F)(F)F)cc1CN(Cc1cc([N+](=O)[O-])cc(C(F)(F)F)c1)c1nnn(C)n1.Cl.O=C(O)O. The van der Waals surface area contributed by atoms with E-state index in [1.54, 1.807) is 0 Å². The first-order valence-electron chi connectivity index (χ1n) is 14.3. The summed E-state index contributed by atoms with van der Waals surface area (Å²) in [4.78, 5) is 23.6. The number of ether oxygens (including phenoxy) is 1. The van der Waals surface area contributed by atoms with Crippen molar-refractivity contribution in [2.45, 2.75) is 64.7 Å². The van der Waals surface area contributed by atoms with Crippen LogP contribution in [0.3, 0.4) is 0 Å². The Morgan fingerprint density at radius 3 is 2.21 bits per heavy atom. The van der Waals surface area contributed by atoms with E-state index >= 15 is 0 Å². The number of non-ortho nitro benzene ring substituents is 1. The molecule has 0 radical (unpaired) electrons. The van der Waals surface area contributed by atoms with Crippen molar-refractivity contribution in [3.05, 3.63) is 63.2 Å². The Labute approximate surface area is 276 Å². The van der Waals surface area contributed by atoms with Crippen molar-refractivity contribution in [2.75, 3.05) is 22.9 Å². The average Bonchev–Trinajstić information content (AvgIpc) is 3.41. The molecule has 1 fully saturated rings. The van der Waals surface area contributed by atoms with E-state index in [0.29, 0.717) is 36.3 Å². The first-order chi connectivity index (χ1) is 21.9. The lowest BCUT2D eigenvalue weighted by Gasteiger charge is -2.33. The van der Waals surface area contributed by atoms with E-state index < -0.39 is 40.6 Å². The minimum atomic E-state index is -4.95. The molecule has 20 heteroatoms. The van der Waals surface area contributed by atoms with Gasteiger partial charge in [-0.1, -0.05) is 24.4 Å². The molecule has 266 valence electrons. The highest BCUT2D eigenvalue weighted by molar-refractivity contribution is 5.85. The molecule has 1 aliphatic rings. The fourth-order valence-electron chi connectivity index (χ4n) is 5.33. The number of nitro groups is 1. The highest BCUT2D eigenvalue weighted by Crippen LogP contribution is 2.35. The Hall–Kier alpha value is -4.55. The molecule has 13 nitrogen and oxygen atoms in total. The van der Waals surface area contributed by atoms with Crippen LogP contribution in [-0.2, 0) is 26.3 Å². The van der Waals surface area contributed by atoms with Gasteiger partial charge >= 0.3 is 18.7 Å². The van der Waals surface area contributed by atoms with Crippen LogP contribution in [0.1, 0.15) is 55.7 Å². The van der Waals surface area contributed by atoms with Gasteiger partial charge in [-0.2, -0.15) is 18.0 Å². The van der Waals surface area contributed by atoms with Crippen LogP contribution >= 0.6 is 12.4 Å². The summed E-state index contributed by atoms with van der Waals surface area (Å²) < 4.78 is 84.4. The van der Waals surface area contributed by atoms with Gasteiger partial charge in [0.1, 0.15) is 5.75 Å². The van der Waals surface area contributed by atoms with Gasteiger partial charge in [0.15, 0.2) is 0 Å². The van der Waals surface area contributed by atoms with Crippen molar-refractivity contribution in [3.8, 4) is 5.75 Å². The van der Waals surface area contributed by atoms with E-state index in [-0.39, 0.29) is 37.0 Å². The number of benzene rings is 2. The fourth-order valence-corrected chi connectivity index (χ4v) is 5.33. The van der Waals surface area contributed by atoms with Crippen molar-refractivity contribution in [1.82, 2.24) is 20.2 Å². The first kappa shape index (κ1) is 39.6. The molecule has 2 aromatic carbocycles. The maximum absolute atomic E-state index is 13.6. The van der Waals surface area contributed by atoms with Crippen LogP contribution in [-0.4, -0.2) is 61.0 Å². The lowest BCUT2D eigenvalue weighted by atomic mass is 9.88. The van der Waals surface area contributed by atoms with Crippen molar-refractivity contribution in [3.63, 3.8) is 0 Å². The number of aryl methyl sites for hydroxylation is 1. The number of anilines is 2. The van der Waals surface area contributed by atoms with Gasteiger partial charge in [0.2, 0.25) is 0 Å². The maximum atomic E-state index is 13.6. The smallest absolute Gasteiger partial charge is 0.450 e. The maximum Gasteiger partial charge on any atom is 0.573 e. The number of halogens is 7.